The van der Waals surface area contributed by atoms with Gasteiger partial charge in [0, 0.05) is 0 Å². The fourth-order valence-corrected chi connectivity index (χ4v) is 5.09. The van der Waals surface area contributed by atoms with Crippen molar-refractivity contribution in [2.75, 3.05) is 0 Å². The summed E-state index contributed by atoms with van der Waals surface area (Å²) in [6.45, 7) is 2.30. The SMILES string of the molecule is CCCCCCCCCCC1C(c2ccccc2)CC2C=CC=CC21. The number of rotatable bonds is 10. The molecule has 0 nitrogen and oxygen atoms in total. The molecule has 0 amide bonds. The van der Waals surface area contributed by atoms with Gasteiger partial charge in [0.05, 0.1) is 0 Å². The highest BCUT2D eigenvalue weighted by Crippen LogP contribution is 2.51. The molecule has 1 aromatic carbocycles. The highest BCUT2D eigenvalue weighted by atomic mass is 14.4. The minimum Gasteiger partial charge on any atom is -0.0808 e. The summed E-state index contributed by atoms with van der Waals surface area (Å²) in [6.07, 6.45) is 23.7. The van der Waals surface area contributed by atoms with E-state index in [1.807, 2.05) is 0 Å². The minimum absolute atomic E-state index is 0.758. The first-order valence-corrected chi connectivity index (χ1v) is 10.8. The Bertz CT molecular complexity index is 538. The fourth-order valence-electron chi connectivity index (χ4n) is 5.09. The van der Waals surface area contributed by atoms with Gasteiger partial charge in [-0.1, -0.05) is 113 Å². The van der Waals surface area contributed by atoms with E-state index in [0.717, 1.165) is 23.7 Å². The zero-order valence-corrected chi connectivity index (χ0v) is 16.1. The lowest BCUT2D eigenvalue weighted by Gasteiger charge is -2.25. The molecule has 2 aliphatic rings. The van der Waals surface area contributed by atoms with Crippen LogP contribution in [0.4, 0.5) is 0 Å². The highest BCUT2D eigenvalue weighted by molar-refractivity contribution is 5.27. The van der Waals surface area contributed by atoms with Crippen molar-refractivity contribution in [3.8, 4) is 0 Å². The third-order valence-electron chi connectivity index (χ3n) is 6.45. The monoisotopic (exact) mass is 336 g/mol. The molecule has 1 fully saturated rings. The molecule has 0 aliphatic heterocycles. The molecule has 0 heterocycles. The second kappa shape index (κ2) is 10.00. The molecule has 25 heavy (non-hydrogen) atoms. The molecule has 0 spiro atoms. The van der Waals surface area contributed by atoms with Gasteiger partial charge in [-0.25, -0.2) is 0 Å². The predicted octanol–water partition coefficient (Wildman–Crippen LogP) is 7.68. The van der Waals surface area contributed by atoms with Crippen LogP contribution in [0.2, 0.25) is 0 Å². The molecule has 0 heteroatoms. The Hall–Kier alpha value is -1.30. The molecule has 3 rings (SSSR count). The molecule has 1 aromatic rings. The van der Waals surface area contributed by atoms with E-state index < -0.39 is 0 Å². The molecular formula is C25H36. The number of fused-ring (bicyclic) bond motifs is 1. The Morgan fingerprint density at radius 2 is 1.48 bits per heavy atom. The first-order valence-electron chi connectivity index (χ1n) is 10.8. The summed E-state index contributed by atoms with van der Waals surface area (Å²) in [7, 11) is 0. The minimum atomic E-state index is 0.758. The smallest absolute Gasteiger partial charge is 0.0122 e. The molecule has 0 aromatic heterocycles. The van der Waals surface area contributed by atoms with Crippen molar-refractivity contribution in [1.82, 2.24) is 0 Å². The van der Waals surface area contributed by atoms with Crippen molar-refractivity contribution in [2.45, 2.75) is 77.0 Å². The van der Waals surface area contributed by atoms with Gasteiger partial charge < -0.3 is 0 Å². The van der Waals surface area contributed by atoms with E-state index in [1.54, 1.807) is 5.56 Å². The van der Waals surface area contributed by atoms with Crippen LogP contribution in [0.3, 0.4) is 0 Å². The van der Waals surface area contributed by atoms with Crippen molar-refractivity contribution in [3.63, 3.8) is 0 Å². The lowest BCUT2D eigenvalue weighted by Crippen LogP contribution is -2.16. The molecule has 4 atom stereocenters. The van der Waals surface area contributed by atoms with Crippen LogP contribution >= 0.6 is 0 Å². The Balaban J connectivity index is 1.50. The van der Waals surface area contributed by atoms with Crippen LogP contribution in [-0.4, -0.2) is 0 Å². The van der Waals surface area contributed by atoms with E-state index in [-0.39, 0.29) is 0 Å². The average molecular weight is 337 g/mol. The van der Waals surface area contributed by atoms with Crippen molar-refractivity contribution >= 4 is 0 Å². The number of hydrogen-bond acceptors (Lipinski definition) is 0. The van der Waals surface area contributed by atoms with Gasteiger partial charge in [0.2, 0.25) is 0 Å². The number of allylic oxidation sites excluding steroid dienone is 4. The van der Waals surface area contributed by atoms with Crippen molar-refractivity contribution in [1.29, 1.82) is 0 Å². The summed E-state index contributed by atoms with van der Waals surface area (Å²) in [5, 5.41) is 0. The van der Waals surface area contributed by atoms with Crippen LogP contribution in [0.25, 0.3) is 0 Å². The molecule has 2 aliphatic carbocycles. The zero-order valence-electron chi connectivity index (χ0n) is 16.1. The number of hydrogen-bond donors (Lipinski definition) is 0. The molecule has 0 saturated heterocycles. The van der Waals surface area contributed by atoms with E-state index in [9.17, 15) is 0 Å². The van der Waals surface area contributed by atoms with Crippen LogP contribution in [0.5, 0.6) is 0 Å². The molecule has 0 bridgehead atoms. The average Bonchev–Trinajstić information content (AvgIpc) is 3.03. The summed E-state index contributed by atoms with van der Waals surface area (Å²) in [4.78, 5) is 0. The Morgan fingerprint density at radius 1 is 0.800 bits per heavy atom. The van der Waals surface area contributed by atoms with E-state index >= 15 is 0 Å². The van der Waals surface area contributed by atoms with Gasteiger partial charge in [0.15, 0.2) is 0 Å². The first-order chi connectivity index (χ1) is 12.4. The van der Waals surface area contributed by atoms with E-state index in [4.69, 9.17) is 0 Å². The Morgan fingerprint density at radius 3 is 2.24 bits per heavy atom. The summed E-state index contributed by atoms with van der Waals surface area (Å²) in [6, 6.07) is 11.3. The number of unbranched alkanes of at least 4 members (excludes halogenated alkanes) is 7. The zero-order chi connectivity index (χ0) is 17.3. The van der Waals surface area contributed by atoms with Crippen LogP contribution in [-0.2, 0) is 0 Å². The molecule has 4 unspecified atom stereocenters. The molecule has 0 N–H and O–H groups in total. The Kier molecular flexibility index (Phi) is 7.39. The normalized spacial score (nSPS) is 27.6. The maximum Gasteiger partial charge on any atom is -0.0122 e. The largest absolute Gasteiger partial charge is 0.0808 e. The van der Waals surface area contributed by atoms with Gasteiger partial charge in [-0.2, -0.15) is 0 Å². The van der Waals surface area contributed by atoms with Crippen molar-refractivity contribution in [2.24, 2.45) is 17.8 Å². The third kappa shape index (κ3) is 5.09. The maximum atomic E-state index is 2.50. The third-order valence-corrected chi connectivity index (χ3v) is 6.45. The maximum absolute atomic E-state index is 2.50. The Labute approximate surface area is 155 Å². The van der Waals surface area contributed by atoms with Gasteiger partial charge in [0.1, 0.15) is 0 Å². The van der Waals surface area contributed by atoms with E-state index in [1.165, 1.54) is 64.2 Å². The molecular weight excluding hydrogens is 300 g/mol. The van der Waals surface area contributed by atoms with Crippen LogP contribution in [0, 0.1) is 17.8 Å². The summed E-state index contributed by atoms with van der Waals surface area (Å²) < 4.78 is 0. The van der Waals surface area contributed by atoms with Crippen molar-refractivity contribution < 1.29 is 0 Å². The first kappa shape index (κ1) is 18.5. The summed E-state index contributed by atoms with van der Waals surface area (Å²) in [5.41, 5.74) is 1.57. The van der Waals surface area contributed by atoms with Crippen molar-refractivity contribution in [3.05, 3.63) is 60.2 Å². The van der Waals surface area contributed by atoms with Gasteiger partial charge >= 0.3 is 0 Å². The lowest BCUT2D eigenvalue weighted by molar-refractivity contribution is 0.354. The van der Waals surface area contributed by atoms with Crippen LogP contribution in [0.15, 0.2) is 54.6 Å². The predicted molar refractivity (Wildman–Crippen MR) is 110 cm³/mol. The fraction of sp³-hybridized carbons (Fsp3) is 0.600. The second-order valence-electron chi connectivity index (χ2n) is 8.19. The molecule has 0 radical (unpaired) electrons. The van der Waals surface area contributed by atoms with Crippen LogP contribution in [0.1, 0.15) is 82.6 Å². The number of benzene rings is 1. The van der Waals surface area contributed by atoms with Crippen LogP contribution < -0.4 is 0 Å². The molecule has 1 saturated carbocycles. The lowest BCUT2D eigenvalue weighted by atomic mass is 9.79. The summed E-state index contributed by atoms with van der Waals surface area (Å²) >= 11 is 0. The van der Waals surface area contributed by atoms with E-state index in [2.05, 4.69) is 61.6 Å². The topological polar surface area (TPSA) is 0 Å². The van der Waals surface area contributed by atoms with Gasteiger partial charge in [-0.05, 0) is 42.1 Å². The summed E-state index contributed by atoms with van der Waals surface area (Å²) in [5.74, 6) is 3.15. The second-order valence-corrected chi connectivity index (χ2v) is 8.19. The van der Waals surface area contributed by atoms with E-state index in [0.29, 0.717) is 0 Å². The van der Waals surface area contributed by atoms with Gasteiger partial charge in [0.25, 0.3) is 0 Å². The van der Waals surface area contributed by atoms with Gasteiger partial charge in [-0.15, -0.1) is 0 Å². The molecule has 136 valence electrons. The standard InChI is InChI=1S/C25H36/c1-2-3-4-5-6-7-8-12-19-24-23-18-14-13-17-22(23)20-25(24)21-15-10-9-11-16-21/h9-11,13-18,22-25H,2-8,12,19-20H2,1H3. The quantitative estimate of drug-likeness (QED) is 0.384. The highest BCUT2D eigenvalue weighted by Gasteiger charge is 2.41. The van der Waals surface area contributed by atoms with Gasteiger partial charge in [-0.3, -0.25) is 0 Å².